The summed E-state index contributed by atoms with van der Waals surface area (Å²) in [6.07, 6.45) is 0. The molecule has 0 aliphatic rings. The van der Waals surface area contributed by atoms with Gasteiger partial charge in [-0.25, -0.2) is 9.59 Å². The Labute approximate surface area is 120 Å². The molecule has 0 aliphatic carbocycles. The molecule has 0 aromatic heterocycles. The molecule has 20 heavy (non-hydrogen) atoms. The van der Waals surface area contributed by atoms with E-state index in [-0.39, 0.29) is 10.6 Å². The van der Waals surface area contributed by atoms with Crippen LogP contribution >= 0.6 is 11.6 Å². The van der Waals surface area contributed by atoms with E-state index in [0.717, 1.165) is 0 Å². The second kappa shape index (κ2) is 6.08. The van der Waals surface area contributed by atoms with Crippen molar-refractivity contribution in [1.82, 2.24) is 0 Å². The van der Waals surface area contributed by atoms with Crippen molar-refractivity contribution in [2.75, 3.05) is 10.6 Å². The third-order valence-electron chi connectivity index (χ3n) is 2.43. The van der Waals surface area contributed by atoms with Crippen LogP contribution in [-0.4, -0.2) is 17.1 Å². The molecule has 0 unspecified atom stereocenters. The van der Waals surface area contributed by atoms with Crippen LogP contribution in [0.15, 0.2) is 48.5 Å². The van der Waals surface area contributed by atoms with E-state index < -0.39 is 12.0 Å². The summed E-state index contributed by atoms with van der Waals surface area (Å²) in [5.74, 6) is -1.11. The monoisotopic (exact) mass is 290 g/mol. The van der Waals surface area contributed by atoms with Crippen LogP contribution in [-0.2, 0) is 0 Å². The van der Waals surface area contributed by atoms with E-state index in [1.807, 2.05) is 6.07 Å². The van der Waals surface area contributed by atoms with Gasteiger partial charge in [0.2, 0.25) is 0 Å². The normalized spacial score (nSPS) is 9.85. The van der Waals surface area contributed by atoms with Crippen LogP contribution in [0.5, 0.6) is 0 Å². The first-order valence-electron chi connectivity index (χ1n) is 5.71. The summed E-state index contributed by atoms with van der Waals surface area (Å²) in [6, 6.07) is 12.5. The lowest BCUT2D eigenvalue weighted by Crippen LogP contribution is -2.19. The van der Waals surface area contributed by atoms with Crippen LogP contribution < -0.4 is 10.6 Å². The van der Waals surface area contributed by atoms with Gasteiger partial charge in [-0.2, -0.15) is 0 Å². The molecule has 5 nitrogen and oxygen atoms in total. The van der Waals surface area contributed by atoms with Crippen molar-refractivity contribution in [1.29, 1.82) is 0 Å². The second-order valence-electron chi connectivity index (χ2n) is 3.98. The molecule has 2 aromatic rings. The lowest BCUT2D eigenvalue weighted by Gasteiger charge is -2.08. The van der Waals surface area contributed by atoms with Crippen LogP contribution in [0, 0.1) is 0 Å². The number of carboxylic acids is 1. The van der Waals surface area contributed by atoms with E-state index in [4.69, 9.17) is 16.7 Å². The Kier molecular flexibility index (Phi) is 4.22. The van der Waals surface area contributed by atoms with Crippen molar-refractivity contribution in [2.24, 2.45) is 0 Å². The van der Waals surface area contributed by atoms with E-state index in [9.17, 15) is 9.59 Å². The fraction of sp³-hybridized carbons (Fsp3) is 0. The number of benzene rings is 2. The van der Waals surface area contributed by atoms with Crippen molar-refractivity contribution < 1.29 is 14.7 Å². The molecule has 102 valence electrons. The molecular weight excluding hydrogens is 280 g/mol. The van der Waals surface area contributed by atoms with Crippen molar-refractivity contribution in [3.05, 3.63) is 59.1 Å². The highest BCUT2D eigenvalue weighted by atomic mass is 35.5. The molecule has 0 aliphatic heterocycles. The number of hydrogen-bond donors (Lipinski definition) is 3. The number of urea groups is 1. The molecule has 2 rings (SSSR count). The fourth-order valence-corrected chi connectivity index (χ4v) is 1.84. The van der Waals surface area contributed by atoms with Gasteiger partial charge in [0, 0.05) is 16.4 Å². The Morgan fingerprint density at radius 1 is 0.950 bits per heavy atom. The number of nitrogens with one attached hydrogen (secondary N) is 2. The van der Waals surface area contributed by atoms with Crippen molar-refractivity contribution in [3.63, 3.8) is 0 Å². The van der Waals surface area contributed by atoms with E-state index >= 15 is 0 Å². The van der Waals surface area contributed by atoms with Gasteiger partial charge in [-0.15, -0.1) is 0 Å². The minimum atomic E-state index is -1.11. The highest BCUT2D eigenvalue weighted by molar-refractivity contribution is 6.31. The van der Waals surface area contributed by atoms with Crippen LogP contribution in [0.4, 0.5) is 16.2 Å². The molecule has 0 spiro atoms. The smallest absolute Gasteiger partial charge is 0.335 e. The van der Waals surface area contributed by atoms with Crippen LogP contribution in [0.2, 0.25) is 5.02 Å². The molecule has 0 saturated heterocycles. The van der Waals surface area contributed by atoms with Gasteiger partial charge in [-0.1, -0.05) is 29.8 Å². The van der Waals surface area contributed by atoms with Crippen molar-refractivity contribution in [2.45, 2.75) is 0 Å². The maximum atomic E-state index is 11.8. The molecule has 0 heterocycles. The van der Waals surface area contributed by atoms with Crippen LogP contribution in [0.1, 0.15) is 10.4 Å². The molecule has 0 bridgehead atoms. The quantitative estimate of drug-likeness (QED) is 0.807. The van der Waals surface area contributed by atoms with E-state index in [1.54, 1.807) is 24.3 Å². The molecule has 0 radical (unpaired) electrons. The van der Waals surface area contributed by atoms with Gasteiger partial charge in [0.15, 0.2) is 0 Å². The molecule has 6 heteroatoms. The molecule has 2 amide bonds. The minimum absolute atomic E-state index is 0.00695. The van der Waals surface area contributed by atoms with Crippen molar-refractivity contribution >= 4 is 35.0 Å². The third-order valence-corrected chi connectivity index (χ3v) is 2.65. The molecule has 3 N–H and O–H groups in total. The maximum absolute atomic E-state index is 11.8. The Hall–Kier alpha value is -2.53. The highest BCUT2D eigenvalue weighted by Gasteiger charge is 2.08. The first-order valence-corrected chi connectivity index (χ1v) is 6.09. The molecular formula is C14H11ClN2O3. The number of rotatable bonds is 3. The number of amides is 2. The van der Waals surface area contributed by atoms with Gasteiger partial charge in [-0.05, 0) is 30.3 Å². The van der Waals surface area contributed by atoms with E-state index in [2.05, 4.69) is 10.6 Å². The molecule has 0 saturated carbocycles. The summed E-state index contributed by atoms with van der Waals surface area (Å²) in [5, 5.41) is 14.3. The predicted octanol–water partition coefficient (Wildman–Crippen LogP) is 3.68. The molecule has 2 aromatic carbocycles. The van der Waals surface area contributed by atoms with E-state index in [1.165, 1.54) is 18.2 Å². The largest absolute Gasteiger partial charge is 0.478 e. The summed E-state index contributed by atoms with van der Waals surface area (Å²) in [6.45, 7) is 0. The third kappa shape index (κ3) is 3.73. The van der Waals surface area contributed by atoms with E-state index in [0.29, 0.717) is 11.4 Å². The zero-order valence-electron chi connectivity index (χ0n) is 10.3. The van der Waals surface area contributed by atoms with Gasteiger partial charge in [-0.3, -0.25) is 0 Å². The second-order valence-corrected chi connectivity index (χ2v) is 4.42. The van der Waals surface area contributed by atoms with Gasteiger partial charge in [0.05, 0.1) is 5.56 Å². The Morgan fingerprint density at radius 2 is 1.60 bits per heavy atom. The zero-order chi connectivity index (χ0) is 14.5. The summed E-state index contributed by atoms with van der Waals surface area (Å²) >= 11 is 5.80. The zero-order valence-corrected chi connectivity index (χ0v) is 11.0. The fourth-order valence-electron chi connectivity index (χ4n) is 1.60. The van der Waals surface area contributed by atoms with Gasteiger partial charge < -0.3 is 15.7 Å². The first-order chi connectivity index (χ1) is 9.54. The average molecular weight is 291 g/mol. The Morgan fingerprint density at radius 3 is 2.25 bits per heavy atom. The SMILES string of the molecule is O=C(Nc1ccccc1)Nc1cc(Cl)cc(C(=O)O)c1. The standard InChI is InChI=1S/C14H11ClN2O3/c15-10-6-9(13(18)19)7-12(8-10)17-14(20)16-11-4-2-1-3-5-11/h1-8H,(H,18,19)(H2,16,17,20). The topological polar surface area (TPSA) is 78.4 Å². The van der Waals surface area contributed by atoms with Crippen LogP contribution in [0.25, 0.3) is 0 Å². The van der Waals surface area contributed by atoms with Crippen molar-refractivity contribution in [3.8, 4) is 0 Å². The minimum Gasteiger partial charge on any atom is -0.478 e. The number of hydrogen-bond acceptors (Lipinski definition) is 2. The van der Waals surface area contributed by atoms with Gasteiger partial charge >= 0.3 is 12.0 Å². The summed E-state index contributed by atoms with van der Waals surface area (Å²) in [4.78, 5) is 22.7. The number of aromatic carboxylic acids is 1. The molecule has 0 atom stereocenters. The first kappa shape index (κ1) is 13.9. The number of halogens is 1. The maximum Gasteiger partial charge on any atom is 0.335 e. The summed E-state index contributed by atoms with van der Waals surface area (Å²) in [5.41, 5.74) is 0.946. The number of carbonyl (C=O) groups excluding carboxylic acids is 1. The number of carboxylic acid groups (broad SMARTS) is 1. The average Bonchev–Trinajstić information content (AvgIpc) is 2.38. The summed E-state index contributed by atoms with van der Waals surface area (Å²) < 4.78 is 0. The van der Waals surface area contributed by atoms with Gasteiger partial charge in [0.1, 0.15) is 0 Å². The Balaban J connectivity index is 2.10. The predicted molar refractivity (Wildman–Crippen MR) is 77.5 cm³/mol. The highest BCUT2D eigenvalue weighted by Crippen LogP contribution is 2.19. The van der Waals surface area contributed by atoms with Gasteiger partial charge in [0.25, 0.3) is 0 Å². The Bertz CT molecular complexity index is 644. The lowest BCUT2D eigenvalue weighted by molar-refractivity contribution is 0.0697. The summed E-state index contributed by atoms with van der Waals surface area (Å²) in [7, 11) is 0. The molecule has 0 fully saturated rings. The lowest BCUT2D eigenvalue weighted by atomic mass is 10.2. The number of anilines is 2. The number of carbonyl (C=O) groups is 2. The number of para-hydroxylation sites is 1. The van der Waals surface area contributed by atoms with Crippen LogP contribution in [0.3, 0.4) is 0 Å².